The standard InChI is InChI=1S/C11H11BrClN5O3/c12-2-1-6-5-18(11(20)16-10(6)19)9-3-7(13)8(21-9)4-15-17-14/h1-2,5,7-9H,3-4H2,(H,16,19,20)/b2-1+/t7-,8+,9+/m0/s1. The summed E-state index contributed by atoms with van der Waals surface area (Å²) >= 11 is 9.20. The number of rotatable bonds is 4. The van der Waals surface area contributed by atoms with Gasteiger partial charge in [0.1, 0.15) is 6.23 Å². The van der Waals surface area contributed by atoms with Crippen LogP contribution < -0.4 is 11.2 Å². The van der Waals surface area contributed by atoms with E-state index < -0.39 is 23.6 Å². The van der Waals surface area contributed by atoms with E-state index in [1.807, 2.05) is 0 Å². The first kappa shape index (κ1) is 15.8. The minimum atomic E-state index is -0.613. The molecule has 1 aromatic heterocycles. The molecular weight excluding hydrogens is 366 g/mol. The van der Waals surface area contributed by atoms with Gasteiger partial charge in [-0.1, -0.05) is 21.0 Å². The molecule has 112 valence electrons. The Morgan fingerprint density at radius 3 is 3.10 bits per heavy atom. The Balaban J connectivity index is 2.31. The van der Waals surface area contributed by atoms with E-state index in [2.05, 4.69) is 30.9 Å². The fraction of sp³-hybridized carbons (Fsp3) is 0.455. The molecule has 0 amide bonds. The van der Waals surface area contributed by atoms with E-state index in [-0.39, 0.29) is 11.9 Å². The highest BCUT2D eigenvalue weighted by Crippen LogP contribution is 2.31. The molecule has 1 aliphatic rings. The van der Waals surface area contributed by atoms with Crippen LogP contribution in [0, 0.1) is 0 Å². The largest absolute Gasteiger partial charge is 0.353 e. The number of aromatic nitrogens is 2. The maximum Gasteiger partial charge on any atom is 0.330 e. The summed E-state index contributed by atoms with van der Waals surface area (Å²) in [5.41, 5.74) is 7.56. The van der Waals surface area contributed by atoms with E-state index in [0.29, 0.717) is 12.0 Å². The molecule has 1 fully saturated rings. The molecule has 1 aliphatic heterocycles. The summed E-state index contributed by atoms with van der Waals surface area (Å²) < 4.78 is 6.90. The summed E-state index contributed by atoms with van der Waals surface area (Å²) in [5, 5.41) is 3.04. The lowest BCUT2D eigenvalue weighted by atomic mass is 10.2. The Bertz CT molecular complexity index is 709. The number of hydrogen-bond acceptors (Lipinski definition) is 4. The van der Waals surface area contributed by atoms with Crippen molar-refractivity contribution in [1.29, 1.82) is 0 Å². The maximum atomic E-state index is 11.9. The number of H-pyrrole nitrogens is 1. The van der Waals surface area contributed by atoms with Gasteiger partial charge in [0.25, 0.3) is 5.56 Å². The number of hydrogen-bond donors (Lipinski definition) is 1. The predicted molar refractivity (Wildman–Crippen MR) is 81.5 cm³/mol. The Labute approximate surface area is 132 Å². The third kappa shape index (κ3) is 3.56. The van der Waals surface area contributed by atoms with Crippen LogP contribution in [0.3, 0.4) is 0 Å². The molecule has 10 heteroatoms. The monoisotopic (exact) mass is 375 g/mol. The average Bonchev–Trinajstić information content (AvgIpc) is 2.80. The van der Waals surface area contributed by atoms with Crippen LogP contribution in [0.15, 0.2) is 25.9 Å². The van der Waals surface area contributed by atoms with Crippen molar-refractivity contribution in [2.24, 2.45) is 5.11 Å². The van der Waals surface area contributed by atoms with Gasteiger partial charge in [-0.2, -0.15) is 0 Å². The number of halogens is 2. The summed E-state index contributed by atoms with van der Waals surface area (Å²) in [4.78, 5) is 29.9. The third-order valence-corrected chi connectivity index (χ3v) is 3.76. The molecule has 3 atom stereocenters. The maximum absolute atomic E-state index is 11.9. The molecule has 0 spiro atoms. The lowest BCUT2D eigenvalue weighted by molar-refractivity contribution is 0.00403. The number of nitrogens with one attached hydrogen (secondary N) is 1. The molecule has 1 aromatic rings. The molecule has 0 saturated carbocycles. The van der Waals surface area contributed by atoms with Crippen molar-refractivity contribution in [3.63, 3.8) is 0 Å². The molecule has 0 bridgehead atoms. The first-order valence-corrected chi connectivity index (χ1v) is 7.34. The Hall–Kier alpha value is -1.54. The van der Waals surface area contributed by atoms with E-state index in [0.717, 1.165) is 0 Å². The molecule has 0 radical (unpaired) electrons. The van der Waals surface area contributed by atoms with Gasteiger partial charge in [0.05, 0.1) is 23.6 Å². The highest BCUT2D eigenvalue weighted by molar-refractivity contribution is 9.11. The van der Waals surface area contributed by atoms with Gasteiger partial charge in [0.2, 0.25) is 0 Å². The summed E-state index contributed by atoms with van der Waals surface area (Å²) in [5.74, 6) is 0. The number of alkyl halides is 1. The predicted octanol–water partition coefficient (Wildman–Crippen LogP) is 2.11. The van der Waals surface area contributed by atoms with E-state index in [4.69, 9.17) is 21.9 Å². The fourth-order valence-corrected chi connectivity index (χ4v) is 2.62. The first-order chi connectivity index (χ1) is 10.1. The lowest BCUT2D eigenvalue weighted by Gasteiger charge is -2.15. The van der Waals surface area contributed by atoms with E-state index in [9.17, 15) is 9.59 Å². The molecule has 1 saturated heterocycles. The Morgan fingerprint density at radius 2 is 2.43 bits per heavy atom. The van der Waals surface area contributed by atoms with Gasteiger partial charge in [0.15, 0.2) is 0 Å². The second kappa shape index (κ2) is 6.95. The normalized spacial score (nSPS) is 25.1. The highest BCUT2D eigenvalue weighted by Gasteiger charge is 2.35. The van der Waals surface area contributed by atoms with Crippen molar-refractivity contribution in [3.8, 4) is 0 Å². The fourth-order valence-electron chi connectivity index (χ4n) is 2.04. The van der Waals surface area contributed by atoms with Gasteiger partial charge in [-0.05, 0) is 16.6 Å². The van der Waals surface area contributed by atoms with Crippen molar-refractivity contribution < 1.29 is 4.74 Å². The third-order valence-electron chi connectivity index (χ3n) is 3.04. The molecular formula is C11H11BrClN5O3. The van der Waals surface area contributed by atoms with E-state index in [1.54, 1.807) is 0 Å². The van der Waals surface area contributed by atoms with Crippen LogP contribution in [-0.4, -0.2) is 27.6 Å². The van der Waals surface area contributed by atoms with Gasteiger partial charge in [-0.15, -0.1) is 11.6 Å². The zero-order valence-electron chi connectivity index (χ0n) is 10.6. The van der Waals surface area contributed by atoms with Crippen molar-refractivity contribution in [2.45, 2.75) is 24.1 Å². The zero-order valence-corrected chi connectivity index (χ0v) is 13.0. The smallest absolute Gasteiger partial charge is 0.330 e. The summed E-state index contributed by atoms with van der Waals surface area (Å²) in [6.45, 7) is 0.0907. The van der Waals surface area contributed by atoms with Crippen LogP contribution in [0.2, 0.25) is 0 Å². The molecule has 8 nitrogen and oxygen atoms in total. The topological polar surface area (TPSA) is 113 Å². The van der Waals surface area contributed by atoms with Crippen LogP contribution >= 0.6 is 27.5 Å². The number of aromatic amines is 1. The zero-order chi connectivity index (χ0) is 15.4. The molecule has 2 heterocycles. The SMILES string of the molecule is [N-]=[N+]=NC[C@H]1O[C@@H](n2cc(/C=C/Br)c(=O)[nH]c2=O)C[C@@H]1Cl. The summed E-state index contributed by atoms with van der Waals surface area (Å²) in [6.07, 6.45) is 2.21. The van der Waals surface area contributed by atoms with Gasteiger partial charge in [-0.25, -0.2) is 4.79 Å². The van der Waals surface area contributed by atoms with Crippen LogP contribution in [0.1, 0.15) is 18.2 Å². The minimum absolute atomic E-state index is 0.0907. The lowest BCUT2D eigenvalue weighted by Crippen LogP contribution is -2.33. The van der Waals surface area contributed by atoms with Gasteiger partial charge in [0, 0.05) is 17.5 Å². The molecule has 0 aromatic carbocycles. The molecule has 2 rings (SSSR count). The van der Waals surface area contributed by atoms with Gasteiger partial charge in [-0.3, -0.25) is 14.3 Å². The molecule has 1 N–H and O–H groups in total. The highest BCUT2D eigenvalue weighted by atomic mass is 79.9. The van der Waals surface area contributed by atoms with E-state index >= 15 is 0 Å². The van der Waals surface area contributed by atoms with Crippen molar-refractivity contribution in [3.05, 3.63) is 48.0 Å². The first-order valence-electron chi connectivity index (χ1n) is 5.99. The minimum Gasteiger partial charge on any atom is -0.353 e. The van der Waals surface area contributed by atoms with Crippen LogP contribution in [-0.2, 0) is 4.74 Å². The van der Waals surface area contributed by atoms with Crippen molar-refractivity contribution in [2.75, 3.05) is 6.54 Å². The van der Waals surface area contributed by atoms with Gasteiger partial charge >= 0.3 is 5.69 Å². The molecule has 21 heavy (non-hydrogen) atoms. The summed E-state index contributed by atoms with van der Waals surface area (Å²) in [7, 11) is 0. The summed E-state index contributed by atoms with van der Waals surface area (Å²) in [6, 6.07) is 0. The van der Waals surface area contributed by atoms with E-state index in [1.165, 1.54) is 21.8 Å². The van der Waals surface area contributed by atoms with Gasteiger partial charge < -0.3 is 4.74 Å². The number of azide groups is 1. The number of nitrogens with zero attached hydrogens (tertiary/aromatic N) is 4. The molecule has 0 aliphatic carbocycles. The van der Waals surface area contributed by atoms with Crippen LogP contribution in [0.5, 0.6) is 0 Å². The van der Waals surface area contributed by atoms with Crippen molar-refractivity contribution in [1.82, 2.24) is 9.55 Å². The number of ether oxygens (including phenoxy) is 1. The van der Waals surface area contributed by atoms with Crippen LogP contribution in [0.4, 0.5) is 0 Å². The Morgan fingerprint density at radius 1 is 1.67 bits per heavy atom. The second-order valence-electron chi connectivity index (χ2n) is 4.34. The van der Waals surface area contributed by atoms with Crippen LogP contribution in [0.25, 0.3) is 16.5 Å². The van der Waals surface area contributed by atoms with Crippen molar-refractivity contribution >= 4 is 33.6 Å². The average molecular weight is 377 g/mol. The second-order valence-corrected chi connectivity index (χ2v) is 5.43. The molecule has 0 unspecified atom stereocenters. The quantitative estimate of drug-likeness (QED) is 0.376. The Kier molecular flexibility index (Phi) is 5.24.